The van der Waals surface area contributed by atoms with Crippen LogP contribution in [0.3, 0.4) is 0 Å². The summed E-state index contributed by atoms with van der Waals surface area (Å²) in [6.45, 7) is 9.70. The second-order valence-corrected chi connectivity index (χ2v) is 8.53. The van der Waals surface area contributed by atoms with Crippen molar-refractivity contribution in [1.29, 1.82) is 0 Å². The molecule has 0 aromatic rings. The van der Waals surface area contributed by atoms with Gasteiger partial charge in [-0.2, -0.15) is 0 Å². The molecule has 0 aromatic heterocycles. The molecular formula is C20H30O6. The third-order valence-corrected chi connectivity index (χ3v) is 6.31. The van der Waals surface area contributed by atoms with Gasteiger partial charge in [-0.3, -0.25) is 5.26 Å². The maximum absolute atomic E-state index is 12.0. The lowest BCUT2D eigenvalue weighted by molar-refractivity contribution is -0.304. The van der Waals surface area contributed by atoms with Crippen LogP contribution in [0.15, 0.2) is 24.3 Å². The highest BCUT2D eigenvalue weighted by Gasteiger charge is 2.55. The maximum Gasteiger partial charge on any atom is 0.334 e. The van der Waals surface area contributed by atoms with E-state index in [1.165, 1.54) is 0 Å². The van der Waals surface area contributed by atoms with Gasteiger partial charge in [-0.15, -0.1) is 0 Å². The van der Waals surface area contributed by atoms with Gasteiger partial charge in [0.15, 0.2) is 0 Å². The van der Waals surface area contributed by atoms with Gasteiger partial charge >= 0.3 is 5.97 Å². The van der Waals surface area contributed by atoms with Gasteiger partial charge in [-0.25, -0.2) is 9.68 Å². The van der Waals surface area contributed by atoms with Gasteiger partial charge in [0, 0.05) is 11.5 Å². The standard InChI is InChI=1S/C20H30O6/c1-12-7-5-8-19(3,26-23)9-6-10-20(4)15(25-20)11-14-13(2)18(22)24-17(14)16(12)21/h6,9,12,14-17,21,23H,2,5,7-8,10-11H2,1,3-4H3/b9-6+/t12-,14-,15+,16+,17+,19+,20+/m0/s1. The van der Waals surface area contributed by atoms with Crippen molar-refractivity contribution < 1.29 is 29.5 Å². The molecule has 0 saturated carbocycles. The van der Waals surface area contributed by atoms with Crippen molar-refractivity contribution >= 4 is 5.97 Å². The minimum Gasteiger partial charge on any atom is -0.456 e. The highest BCUT2D eigenvalue weighted by Crippen LogP contribution is 2.47. The van der Waals surface area contributed by atoms with Crippen molar-refractivity contribution in [2.45, 2.75) is 82.4 Å². The van der Waals surface area contributed by atoms with E-state index in [0.29, 0.717) is 24.8 Å². The van der Waals surface area contributed by atoms with Gasteiger partial charge in [0.1, 0.15) is 11.7 Å². The zero-order valence-corrected chi connectivity index (χ0v) is 15.8. The molecule has 7 atom stereocenters. The summed E-state index contributed by atoms with van der Waals surface area (Å²) in [6.07, 6.45) is 5.95. The van der Waals surface area contributed by atoms with Crippen molar-refractivity contribution in [1.82, 2.24) is 0 Å². The van der Waals surface area contributed by atoms with Gasteiger partial charge in [0.05, 0.1) is 17.8 Å². The first-order chi connectivity index (χ1) is 12.2. The Kier molecular flexibility index (Phi) is 5.32. The molecule has 26 heavy (non-hydrogen) atoms. The van der Waals surface area contributed by atoms with Gasteiger partial charge < -0.3 is 14.6 Å². The molecule has 0 spiro atoms. The largest absolute Gasteiger partial charge is 0.456 e. The highest BCUT2D eigenvalue weighted by atomic mass is 17.1. The van der Waals surface area contributed by atoms with Crippen LogP contribution in [0.2, 0.25) is 0 Å². The quantitative estimate of drug-likeness (QED) is 0.185. The van der Waals surface area contributed by atoms with Crippen molar-refractivity contribution in [2.75, 3.05) is 0 Å². The molecule has 2 heterocycles. The van der Waals surface area contributed by atoms with Gasteiger partial charge in [0.2, 0.25) is 0 Å². The van der Waals surface area contributed by atoms with Crippen LogP contribution in [-0.2, 0) is 19.2 Å². The first-order valence-electron chi connectivity index (χ1n) is 9.45. The summed E-state index contributed by atoms with van der Waals surface area (Å²) in [4.78, 5) is 16.7. The number of rotatable bonds is 1. The molecule has 0 aromatic carbocycles. The average Bonchev–Trinajstić information content (AvgIpc) is 3.15. The van der Waals surface area contributed by atoms with E-state index >= 15 is 0 Å². The number of fused-ring (bicyclic) bond motifs is 2. The lowest BCUT2D eigenvalue weighted by Crippen LogP contribution is -2.37. The van der Waals surface area contributed by atoms with Crippen LogP contribution < -0.4 is 0 Å². The van der Waals surface area contributed by atoms with Crippen molar-refractivity contribution in [3.63, 3.8) is 0 Å². The van der Waals surface area contributed by atoms with Crippen LogP contribution in [0.5, 0.6) is 0 Å². The first kappa shape index (κ1) is 19.5. The topological polar surface area (TPSA) is 88.5 Å². The van der Waals surface area contributed by atoms with Crippen molar-refractivity contribution in [3.05, 3.63) is 24.3 Å². The number of carbonyl (C=O) groups is 1. The Bertz CT molecular complexity index is 601. The van der Waals surface area contributed by atoms with E-state index in [-0.39, 0.29) is 23.5 Å². The Labute approximate surface area is 154 Å². The van der Waals surface area contributed by atoms with Crippen LogP contribution in [0.1, 0.15) is 52.9 Å². The molecule has 6 heteroatoms. The van der Waals surface area contributed by atoms with E-state index in [1.807, 2.05) is 32.9 Å². The molecule has 0 amide bonds. The van der Waals surface area contributed by atoms with E-state index < -0.39 is 23.8 Å². The Morgan fingerprint density at radius 1 is 1.38 bits per heavy atom. The monoisotopic (exact) mass is 366 g/mol. The summed E-state index contributed by atoms with van der Waals surface area (Å²) in [7, 11) is 0. The first-order valence-corrected chi connectivity index (χ1v) is 9.45. The Hall–Kier alpha value is -1.21. The Morgan fingerprint density at radius 3 is 2.81 bits per heavy atom. The zero-order valence-electron chi connectivity index (χ0n) is 15.8. The Balaban J connectivity index is 1.82. The number of hydrogen-bond acceptors (Lipinski definition) is 6. The molecule has 0 bridgehead atoms. The number of epoxide rings is 1. The molecule has 6 nitrogen and oxygen atoms in total. The summed E-state index contributed by atoms with van der Waals surface area (Å²) in [5.41, 5.74) is -0.640. The summed E-state index contributed by atoms with van der Waals surface area (Å²) >= 11 is 0. The molecular weight excluding hydrogens is 336 g/mol. The zero-order chi connectivity index (χ0) is 19.1. The number of aliphatic hydroxyl groups is 1. The fraction of sp³-hybridized carbons (Fsp3) is 0.750. The molecule has 2 saturated heterocycles. The SMILES string of the molecule is C=C1C(=O)O[C@H]2[C@H](O)[C@@H](C)CCC[C@@](C)(OO)/C=C/C[C@@]3(C)O[C@@H]3C[C@@H]12. The number of hydrogen-bond donors (Lipinski definition) is 2. The molecule has 2 N–H and O–H groups in total. The average molecular weight is 366 g/mol. The van der Waals surface area contributed by atoms with E-state index in [2.05, 4.69) is 6.58 Å². The summed E-state index contributed by atoms with van der Waals surface area (Å²) in [5.74, 6) is -0.689. The van der Waals surface area contributed by atoms with E-state index in [9.17, 15) is 15.2 Å². The normalized spacial score (nSPS) is 48.1. The summed E-state index contributed by atoms with van der Waals surface area (Å²) < 4.78 is 11.4. The number of ether oxygens (including phenoxy) is 2. The van der Waals surface area contributed by atoms with Gasteiger partial charge in [-0.05, 0) is 51.9 Å². The molecule has 3 aliphatic rings. The number of esters is 1. The second-order valence-electron chi connectivity index (χ2n) is 8.53. The Morgan fingerprint density at radius 2 is 2.12 bits per heavy atom. The summed E-state index contributed by atoms with van der Waals surface area (Å²) in [5, 5.41) is 20.1. The minimum atomic E-state index is -0.758. The van der Waals surface area contributed by atoms with Crippen LogP contribution in [-0.4, -0.2) is 45.8 Å². The van der Waals surface area contributed by atoms with Crippen LogP contribution >= 0.6 is 0 Å². The number of aliphatic hydroxyl groups excluding tert-OH is 1. The molecule has 1 aliphatic carbocycles. The van der Waals surface area contributed by atoms with Crippen molar-refractivity contribution in [3.8, 4) is 0 Å². The van der Waals surface area contributed by atoms with Crippen LogP contribution in [0.25, 0.3) is 0 Å². The number of carbonyl (C=O) groups excluding carboxylic acids is 1. The molecule has 2 aliphatic heterocycles. The molecule has 146 valence electrons. The van der Waals surface area contributed by atoms with Crippen LogP contribution in [0, 0.1) is 11.8 Å². The predicted octanol–water partition coefficient (Wildman–Crippen LogP) is 3.01. The fourth-order valence-corrected chi connectivity index (χ4v) is 4.18. The smallest absolute Gasteiger partial charge is 0.334 e. The maximum atomic E-state index is 12.0. The molecule has 0 radical (unpaired) electrons. The van der Waals surface area contributed by atoms with Gasteiger partial charge in [-0.1, -0.05) is 25.7 Å². The van der Waals surface area contributed by atoms with Crippen LogP contribution in [0.4, 0.5) is 0 Å². The predicted molar refractivity (Wildman–Crippen MR) is 95.3 cm³/mol. The fourth-order valence-electron chi connectivity index (χ4n) is 4.18. The molecule has 0 unspecified atom stereocenters. The van der Waals surface area contributed by atoms with E-state index in [1.54, 1.807) is 0 Å². The highest BCUT2D eigenvalue weighted by molar-refractivity contribution is 5.90. The minimum absolute atomic E-state index is 0.0161. The lowest BCUT2D eigenvalue weighted by Gasteiger charge is -2.29. The van der Waals surface area contributed by atoms with Crippen molar-refractivity contribution in [2.24, 2.45) is 11.8 Å². The molecule has 3 rings (SSSR count). The summed E-state index contributed by atoms with van der Waals surface area (Å²) in [6, 6.07) is 0. The lowest BCUT2D eigenvalue weighted by atomic mass is 9.81. The van der Waals surface area contributed by atoms with E-state index in [0.717, 1.165) is 12.8 Å². The molecule has 2 fully saturated rings. The van der Waals surface area contributed by atoms with E-state index in [4.69, 9.17) is 14.4 Å². The second kappa shape index (κ2) is 7.08. The third kappa shape index (κ3) is 3.74. The third-order valence-electron chi connectivity index (χ3n) is 6.31. The van der Waals surface area contributed by atoms with Gasteiger partial charge in [0.25, 0.3) is 0 Å².